The van der Waals surface area contributed by atoms with Crippen molar-refractivity contribution >= 4 is 17.5 Å². The first-order chi connectivity index (χ1) is 10.9. The Morgan fingerprint density at radius 1 is 1.48 bits per heavy atom. The molecule has 0 spiro atoms. The van der Waals surface area contributed by atoms with Crippen LogP contribution < -0.4 is 5.32 Å². The van der Waals surface area contributed by atoms with Gasteiger partial charge in [0, 0.05) is 29.4 Å². The van der Waals surface area contributed by atoms with Crippen molar-refractivity contribution in [2.75, 3.05) is 0 Å². The van der Waals surface area contributed by atoms with Crippen LogP contribution >= 0.6 is 11.6 Å². The third kappa shape index (κ3) is 3.41. The summed E-state index contributed by atoms with van der Waals surface area (Å²) in [7, 11) is 1.85. The molecule has 5 nitrogen and oxygen atoms in total. The van der Waals surface area contributed by atoms with E-state index in [9.17, 15) is 9.90 Å². The van der Waals surface area contributed by atoms with E-state index in [1.165, 1.54) is 0 Å². The SMILES string of the molecule is Cc1ccc(Cl)cc1C(=O)NC(c1cnn(C)c1)C1CC(O)C1. The van der Waals surface area contributed by atoms with Crippen LogP contribution in [0.5, 0.6) is 0 Å². The van der Waals surface area contributed by atoms with Gasteiger partial charge in [0.2, 0.25) is 0 Å². The number of hydrogen-bond donors (Lipinski definition) is 2. The van der Waals surface area contributed by atoms with E-state index in [1.807, 2.05) is 26.2 Å². The Bertz CT molecular complexity index is 722. The Morgan fingerprint density at radius 2 is 2.22 bits per heavy atom. The number of carbonyl (C=O) groups is 1. The first-order valence-corrected chi connectivity index (χ1v) is 8.05. The second-order valence-corrected chi connectivity index (χ2v) is 6.68. The fraction of sp³-hybridized carbons (Fsp3) is 0.412. The number of aryl methyl sites for hydroxylation is 2. The second kappa shape index (κ2) is 6.34. The molecule has 23 heavy (non-hydrogen) atoms. The first-order valence-electron chi connectivity index (χ1n) is 7.67. The fourth-order valence-electron chi connectivity index (χ4n) is 3.03. The number of benzene rings is 1. The maximum atomic E-state index is 12.7. The number of rotatable bonds is 4. The molecule has 1 aromatic heterocycles. The monoisotopic (exact) mass is 333 g/mol. The van der Waals surface area contributed by atoms with Gasteiger partial charge in [-0.1, -0.05) is 17.7 Å². The van der Waals surface area contributed by atoms with Crippen LogP contribution in [0.15, 0.2) is 30.6 Å². The zero-order valence-electron chi connectivity index (χ0n) is 13.2. The van der Waals surface area contributed by atoms with Gasteiger partial charge in [0.05, 0.1) is 18.3 Å². The van der Waals surface area contributed by atoms with Crippen molar-refractivity contribution in [3.05, 3.63) is 52.3 Å². The minimum Gasteiger partial charge on any atom is -0.393 e. The summed E-state index contributed by atoms with van der Waals surface area (Å²) in [6.45, 7) is 1.89. The number of hydrogen-bond acceptors (Lipinski definition) is 3. The normalized spacial score (nSPS) is 21.6. The lowest BCUT2D eigenvalue weighted by molar-refractivity contribution is 0.0235. The quantitative estimate of drug-likeness (QED) is 0.903. The molecule has 3 rings (SSSR count). The summed E-state index contributed by atoms with van der Waals surface area (Å²) in [6, 6.07) is 5.14. The van der Waals surface area contributed by atoms with Crippen molar-refractivity contribution in [3.8, 4) is 0 Å². The van der Waals surface area contributed by atoms with E-state index < -0.39 is 0 Å². The molecule has 1 aromatic carbocycles. The lowest BCUT2D eigenvalue weighted by Gasteiger charge is -2.37. The topological polar surface area (TPSA) is 67.2 Å². The highest BCUT2D eigenvalue weighted by Gasteiger charge is 2.36. The maximum Gasteiger partial charge on any atom is 0.252 e. The van der Waals surface area contributed by atoms with Gasteiger partial charge in [-0.2, -0.15) is 5.10 Å². The predicted octanol–water partition coefficient (Wildman–Crippen LogP) is 2.62. The molecule has 2 N–H and O–H groups in total. The number of amides is 1. The number of nitrogens with zero attached hydrogens (tertiary/aromatic N) is 2. The molecule has 1 atom stereocenters. The number of aliphatic hydroxyl groups is 1. The third-order valence-electron chi connectivity index (χ3n) is 4.44. The first kappa shape index (κ1) is 16.0. The van der Waals surface area contributed by atoms with Crippen molar-refractivity contribution in [3.63, 3.8) is 0 Å². The van der Waals surface area contributed by atoms with E-state index in [0.717, 1.165) is 11.1 Å². The highest BCUT2D eigenvalue weighted by atomic mass is 35.5. The van der Waals surface area contributed by atoms with E-state index in [-0.39, 0.29) is 24.0 Å². The van der Waals surface area contributed by atoms with Crippen LogP contribution in [0.3, 0.4) is 0 Å². The zero-order valence-corrected chi connectivity index (χ0v) is 13.9. The average Bonchev–Trinajstić information content (AvgIpc) is 2.90. The molecule has 1 unspecified atom stereocenters. The summed E-state index contributed by atoms with van der Waals surface area (Å²) >= 11 is 6.01. The molecule has 0 radical (unpaired) electrons. The van der Waals surface area contributed by atoms with Crippen molar-refractivity contribution < 1.29 is 9.90 Å². The van der Waals surface area contributed by atoms with Gasteiger partial charge in [-0.15, -0.1) is 0 Å². The van der Waals surface area contributed by atoms with Crippen LogP contribution in [-0.2, 0) is 7.05 Å². The molecule has 0 bridgehead atoms. The van der Waals surface area contributed by atoms with Gasteiger partial charge in [-0.05, 0) is 43.4 Å². The van der Waals surface area contributed by atoms with Crippen LogP contribution in [0.1, 0.15) is 40.4 Å². The van der Waals surface area contributed by atoms with Gasteiger partial charge in [0.1, 0.15) is 0 Å². The van der Waals surface area contributed by atoms with Gasteiger partial charge in [0.15, 0.2) is 0 Å². The maximum absolute atomic E-state index is 12.7. The largest absolute Gasteiger partial charge is 0.393 e. The molecule has 1 heterocycles. The Labute approximate surface area is 140 Å². The Kier molecular flexibility index (Phi) is 4.41. The molecule has 122 valence electrons. The van der Waals surface area contributed by atoms with Crippen molar-refractivity contribution in [2.24, 2.45) is 13.0 Å². The summed E-state index contributed by atoms with van der Waals surface area (Å²) in [5.74, 6) is 0.0675. The molecule has 1 amide bonds. The van der Waals surface area contributed by atoms with Crippen LogP contribution in [0.25, 0.3) is 0 Å². The molecular weight excluding hydrogens is 314 g/mol. The molecule has 1 saturated carbocycles. The van der Waals surface area contributed by atoms with Gasteiger partial charge < -0.3 is 10.4 Å². The smallest absolute Gasteiger partial charge is 0.252 e. The number of aromatic nitrogens is 2. The molecule has 1 aliphatic carbocycles. The Morgan fingerprint density at radius 3 is 2.83 bits per heavy atom. The fourth-order valence-corrected chi connectivity index (χ4v) is 3.21. The van der Waals surface area contributed by atoms with Crippen LogP contribution in [0.2, 0.25) is 5.02 Å². The molecule has 2 aromatic rings. The number of nitrogens with one attached hydrogen (secondary N) is 1. The summed E-state index contributed by atoms with van der Waals surface area (Å²) in [4.78, 5) is 12.7. The zero-order chi connectivity index (χ0) is 16.6. The van der Waals surface area contributed by atoms with Crippen molar-refractivity contribution in [1.82, 2.24) is 15.1 Å². The second-order valence-electron chi connectivity index (χ2n) is 6.24. The molecule has 0 aliphatic heterocycles. The van der Waals surface area contributed by atoms with Gasteiger partial charge in [-0.25, -0.2) is 0 Å². The number of carbonyl (C=O) groups excluding carboxylic acids is 1. The van der Waals surface area contributed by atoms with Crippen LogP contribution in [0.4, 0.5) is 0 Å². The van der Waals surface area contributed by atoms with Crippen molar-refractivity contribution in [1.29, 1.82) is 0 Å². The standard InChI is InChI=1S/C17H20ClN3O2/c1-10-3-4-13(18)7-15(10)17(23)20-16(11-5-14(22)6-11)12-8-19-21(2)9-12/h3-4,7-9,11,14,16,22H,5-6H2,1-2H3,(H,20,23). The summed E-state index contributed by atoms with van der Waals surface area (Å²) in [5, 5.41) is 17.4. The molecule has 1 fully saturated rings. The Balaban J connectivity index is 1.83. The van der Waals surface area contributed by atoms with E-state index >= 15 is 0 Å². The van der Waals surface area contributed by atoms with E-state index in [4.69, 9.17) is 11.6 Å². The molecule has 6 heteroatoms. The van der Waals surface area contributed by atoms with Gasteiger partial charge in [-0.3, -0.25) is 9.48 Å². The van der Waals surface area contributed by atoms with Crippen molar-refractivity contribution in [2.45, 2.75) is 31.9 Å². The Hall–Kier alpha value is -1.85. The van der Waals surface area contributed by atoms with Crippen LogP contribution in [-0.4, -0.2) is 26.9 Å². The minimum atomic E-state index is -0.274. The summed E-state index contributed by atoms with van der Waals surface area (Å²) in [5.41, 5.74) is 2.41. The lowest BCUT2D eigenvalue weighted by Crippen LogP contribution is -2.41. The van der Waals surface area contributed by atoms with Gasteiger partial charge in [0.25, 0.3) is 5.91 Å². The summed E-state index contributed by atoms with van der Waals surface area (Å²) in [6.07, 6.45) is 4.77. The van der Waals surface area contributed by atoms with E-state index in [2.05, 4.69) is 10.4 Å². The molecule has 1 aliphatic rings. The summed E-state index contributed by atoms with van der Waals surface area (Å²) < 4.78 is 1.72. The predicted molar refractivity (Wildman–Crippen MR) is 88.3 cm³/mol. The average molecular weight is 334 g/mol. The highest BCUT2D eigenvalue weighted by molar-refractivity contribution is 6.31. The van der Waals surface area contributed by atoms with E-state index in [0.29, 0.717) is 23.4 Å². The number of aliphatic hydroxyl groups excluding tert-OH is 1. The molecule has 0 saturated heterocycles. The van der Waals surface area contributed by atoms with Crippen LogP contribution in [0, 0.1) is 12.8 Å². The van der Waals surface area contributed by atoms with E-state index in [1.54, 1.807) is 23.0 Å². The number of halogens is 1. The minimum absolute atomic E-state index is 0.153. The molecular formula is C17H20ClN3O2. The third-order valence-corrected chi connectivity index (χ3v) is 4.67. The van der Waals surface area contributed by atoms with Gasteiger partial charge >= 0.3 is 0 Å². The lowest BCUT2D eigenvalue weighted by atomic mass is 9.75. The highest BCUT2D eigenvalue weighted by Crippen LogP contribution is 2.38.